The Labute approximate surface area is 109 Å². The van der Waals surface area contributed by atoms with Gasteiger partial charge in [-0.25, -0.2) is 4.79 Å². The lowest BCUT2D eigenvalue weighted by atomic mass is 9.98. The normalized spacial score (nSPS) is 19.8. The molecule has 1 saturated heterocycles. The van der Waals surface area contributed by atoms with Gasteiger partial charge in [-0.2, -0.15) is 0 Å². The van der Waals surface area contributed by atoms with Crippen LogP contribution in [0.25, 0.3) is 0 Å². The number of ether oxygens (including phenoxy) is 1. The molecule has 0 bridgehead atoms. The summed E-state index contributed by atoms with van der Waals surface area (Å²) in [6.45, 7) is 8.72. The van der Waals surface area contributed by atoms with E-state index in [9.17, 15) is 9.59 Å². The summed E-state index contributed by atoms with van der Waals surface area (Å²) in [4.78, 5) is 25.7. The van der Waals surface area contributed by atoms with E-state index in [4.69, 9.17) is 0 Å². The number of carbonyl (C=O) groups is 2. The first kappa shape index (κ1) is 14.8. The lowest BCUT2D eigenvalue weighted by Crippen LogP contribution is -2.55. The summed E-state index contributed by atoms with van der Waals surface area (Å²) in [6, 6.07) is -0.519. The molecular weight excluding hydrogens is 232 g/mol. The highest BCUT2D eigenvalue weighted by molar-refractivity contribution is 5.86. The number of likely N-dealkylation sites (tertiary alicyclic amines) is 1. The van der Waals surface area contributed by atoms with Crippen molar-refractivity contribution in [2.75, 3.05) is 13.7 Å². The van der Waals surface area contributed by atoms with E-state index >= 15 is 0 Å². The maximum atomic E-state index is 12.5. The fraction of sp³-hybridized carbons (Fsp3) is 0.846. The molecule has 1 rings (SSSR count). The fourth-order valence-corrected chi connectivity index (χ4v) is 2.38. The number of amides is 2. The molecule has 1 aliphatic rings. The number of hydrogen-bond donors (Lipinski definition) is 1. The van der Waals surface area contributed by atoms with Crippen LogP contribution in [-0.2, 0) is 9.53 Å². The predicted octanol–water partition coefficient (Wildman–Crippen LogP) is 1.77. The number of hydrogen-bond acceptors (Lipinski definition) is 3. The molecule has 0 aliphatic carbocycles. The Balaban J connectivity index is 2.80. The molecule has 18 heavy (non-hydrogen) atoms. The van der Waals surface area contributed by atoms with Gasteiger partial charge in [-0.05, 0) is 32.6 Å². The van der Waals surface area contributed by atoms with E-state index in [0.29, 0.717) is 0 Å². The van der Waals surface area contributed by atoms with Crippen LogP contribution in [0.3, 0.4) is 0 Å². The van der Waals surface area contributed by atoms with Crippen LogP contribution >= 0.6 is 0 Å². The van der Waals surface area contributed by atoms with Crippen LogP contribution < -0.4 is 5.32 Å². The molecule has 104 valence electrons. The van der Waals surface area contributed by atoms with Crippen LogP contribution in [0, 0.1) is 5.92 Å². The molecule has 1 heterocycles. The standard InChI is InChI=1S/C13H24N2O3/c1-9(2)10(14-12(17)18-5)11(16)15-8-6-7-13(15,3)4/h9-10H,6-8H2,1-5H3,(H,14,17). The van der Waals surface area contributed by atoms with E-state index in [2.05, 4.69) is 23.9 Å². The van der Waals surface area contributed by atoms with Gasteiger partial charge in [0.15, 0.2) is 0 Å². The van der Waals surface area contributed by atoms with Gasteiger partial charge in [0.05, 0.1) is 7.11 Å². The van der Waals surface area contributed by atoms with Gasteiger partial charge in [0.25, 0.3) is 0 Å². The predicted molar refractivity (Wildman–Crippen MR) is 69.2 cm³/mol. The number of nitrogens with zero attached hydrogens (tertiary/aromatic N) is 1. The van der Waals surface area contributed by atoms with Crippen molar-refractivity contribution in [2.45, 2.75) is 52.1 Å². The summed E-state index contributed by atoms with van der Waals surface area (Å²) in [5.74, 6) is 0.0194. The Morgan fingerprint density at radius 1 is 1.33 bits per heavy atom. The zero-order chi connectivity index (χ0) is 13.9. The Bertz CT molecular complexity index is 326. The summed E-state index contributed by atoms with van der Waals surface area (Å²) in [5, 5.41) is 2.63. The highest BCUT2D eigenvalue weighted by atomic mass is 16.5. The van der Waals surface area contributed by atoms with Crippen molar-refractivity contribution in [1.29, 1.82) is 0 Å². The molecule has 0 saturated carbocycles. The van der Waals surface area contributed by atoms with Crippen LogP contribution in [0.2, 0.25) is 0 Å². The van der Waals surface area contributed by atoms with Crippen molar-refractivity contribution < 1.29 is 14.3 Å². The third-order valence-corrected chi connectivity index (χ3v) is 3.56. The minimum Gasteiger partial charge on any atom is -0.453 e. The number of rotatable bonds is 3. The van der Waals surface area contributed by atoms with Crippen molar-refractivity contribution in [3.8, 4) is 0 Å². The van der Waals surface area contributed by atoms with Crippen molar-refractivity contribution in [1.82, 2.24) is 10.2 Å². The van der Waals surface area contributed by atoms with Crippen molar-refractivity contribution >= 4 is 12.0 Å². The third-order valence-electron chi connectivity index (χ3n) is 3.56. The molecule has 1 atom stereocenters. The largest absolute Gasteiger partial charge is 0.453 e. The first-order chi connectivity index (χ1) is 8.29. The lowest BCUT2D eigenvalue weighted by molar-refractivity contribution is -0.137. The quantitative estimate of drug-likeness (QED) is 0.837. The van der Waals surface area contributed by atoms with Gasteiger partial charge in [0.1, 0.15) is 6.04 Å². The Hall–Kier alpha value is -1.26. The summed E-state index contributed by atoms with van der Waals surface area (Å²) >= 11 is 0. The third kappa shape index (κ3) is 3.15. The molecule has 1 fully saturated rings. The molecule has 1 unspecified atom stereocenters. The highest BCUT2D eigenvalue weighted by Crippen LogP contribution is 2.29. The number of methoxy groups -OCH3 is 1. The zero-order valence-electron chi connectivity index (χ0n) is 11.9. The summed E-state index contributed by atoms with van der Waals surface area (Å²) in [6.07, 6.45) is 1.46. The maximum absolute atomic E-state index is 12.5. The van der Waals surface area contributed by atoms with Gasteiger partial charge >= 0.3 is 6.09 Å². The second kappa shape index (κ2) is 5.59. The molecule has 0 aromatic rings. The topological polar surface area (TPSA) is 58.6 Å². The Morgan fingerprint density at radius 2 is 1.94 bits per heavy atom. The molecule has 0 aromatic heterocycles. The van der Waals surface area contributed by atoms with Crippen LogP contribution in [0.15, 0.2) is 0 Å². The first-order valence-corrected chi connectivity index (χ1v) is 6.45. The summed E-state index contributed by atoms with van der Waals surface area (Å²) in [5.41, 5.74) is -0.123. The second-order valence-electron chi connectivity index (χ2n) is 5.76. The van der Waals surface area contributed by atoms with Crippen LogP contribution in [0.4, 0.5) is 4.79 Å². The van der Waals surface area contributed by atoms with Gasteiger partial charge in [0, 0.05) is 12.1 Å². The molecule has 1 aliphatic heterocycles. The van der Waals surface area contributed by atoms with Crippen LogP contribution in [0.1, 0.15) is 40.5 Å². The molecule has 0 spiro atoms. The van der Waals surface area contributed by atoms with E-state index in [0.717, 1.165) is 19.4 Å². The van der Waals surface area contributed by atoms with Crippen molar-refractivity contribution in [2.24, 2.45) is 5.92 Å². The van der Waals surface area contributed by atoms with Gasteiger partial charge in [-0.1, -0.05) is 13.8 Å². The minimum atomic E-state index is -0.556. The molecule has 5 heteroatoms. The molecule has 0 radical (unpaired) electrons. The molecule has 2 amide bonds. The monoisotopic (exact) mass is 256 g/mol. The van der Waals surface area contributed by atoms with E-state index in [-0.39, 0.29) is 17.4 Å². The molecule has 1 N–H and O–H groups in total. The van der Waals surface area contributed by atoms with Gasteiger partial charge in [-0.3, -0.25) is 4.79 Å². The smallest absolute Gasteiger partial charge is 0.407 e. The Kier molecular flexibility index (Phi) is 4.59. The van der Waals surface area contributed by atoms with Crippen molar-refractivity contribution in [3.63, 3.8) is 0 Å². The minimum absolute atomic E-state index is 0.0158. The molecular formula is C13H24N2O3. The van der Waals surface area contributed by atoms with E-state index in [1.807, 2.05) is 18.7 Å². The summed E-state index contributed by atoms with van der Waals surface area (Å²) in [7, 11) is 1.30. The fourth-order valence-electron chi connectivity index (χ4n) is 2.38. The van der Waals surface area contributed by atoms with Gasteiger partial charge in [0.2, 0.25) is 5.91 Å². The maximum Gasteiger partial charge on any atom is 0.407 e. The van der Waals surface area contributed by atoms with Crippen LogP contribution in [-0.4, -0.2) is 42.1 Å². The van der Waals surface area contributed by atoms with E-state index in [1.54, 1.807) is 0 Å². The highest BCUT2D eigenvalue weighted by Gasteiger charge is 2.39. The number of alkyl carbamates (subject to hydrolysis) is 1. The SMILES string of the molecule is COC(=O)NC(C(=O)N1CCCC1(C)C)C(C)C. The Morgan fingerprint density at radius 3 is 2.33 bits per heavy atom. The first-order valence-electron chi connectivity index (χ1n) is 6.45. The number of nitrogens with one attached hydrogen (secondary N) is 1. The van der Waals surface area contributed by atoms with Crippen LogP contribution in [0.5, 0.6) is 0 Å². The van der Waals surface area contributed by atoms with E-state index in [1.165, 1.54) is 7.11 Å². The van der Waals surface area contributed by atoms with Gasteiger partial charge in [-0.15, -0.1) is 0 Å². The lowest BCUT2D eigenvalue weighted by Gasteiger charge is -2.35. The molecule has 0 aromatic carbocycles. The average Bonchev–Trinajstić information content (AvgIpc) is 2.64. The van der Waals surface area contributed by atoms with E-state index < -0.39 is 12.1 Å². The second-order valence-corrected chi connectivity index (χ2v) is 5.76. The zero-order valence-corrected chi connectivity index (χ0v) is 11.9. The average molecular weight is 256 g/mol. The van der Waals surface area contributed by atoms with Crippen molar-refractivity contribution in [3.05, 3.63) is 0 Å². The summed E-state index contributed by atoms with van der Waals surface area (Å²) < 4.78 is 4.57. The van der Waals surface area contributed by atoms with Gasteiger partial charge < -0.3 is 15.0 Å². The number of carbonyl (C=O) groups excluding carboxylic acids is 2. The molecule has 5 nitrogen and oxygen atoms in total.